The molecule has 26 heavy (non-hydrogen) atoms. The minimum Gasteiger partial charge on any atom is -0.493 e. The number of amides is 1. The number of carbonyl (C=O) groups excluding carboxylic acids is 1. The molecule has 2 aromatic rings. The SMILES string of the molecule is COc1cc(/C=N\NC(=O)c2cccc(Br)c2)cc(Br)c1OCC(=O)O. The van der Waals surface area contributed by atoms with Gasteiger partial charge in [0.15, 0.2) is 18.1 Å². The molecule has 0 aromatic heterocycles. The molecule has 0 aliphatic heterocycles. The average molecular weight is 486 g/mol. The molecule has 0 aliphatic rings. The lowest BCUT2D eigenvalue weighted by molar-refractivity contribution is -0.139. The van der Waals surface area contributed by atoms with Crippen LogP contribution in [0.25, 0.3) is 0 Å². The predicted octanol–water partition coefficient (Wildman–Crippen LogP) is 3.45. The summed E-state index contributed by atoms with van der Waals surface area (Å²) in [5.74, 6) is -0.847. The van der Waals surface area contributed by atoms with E-state index in [0.29, 0.717) is 21.3 Å². The Kier molecular flexibility index (Phi) is 7.16. The van der Waals surface area contributed by atoms with Crippen molar-refractivity contribution in [2.45, 2.75) is 0 Å². The van der Waals surface area contributed by atoms with Gasteiger partial charge in [-0.2, -0.15) is 5.10 Å². The van der Waals surface area contributed by atoms with Gasteiger partial charge in [0.25, 0.3) is 5.91 Å². The number of rotatable bonds is 7. The fourth-order valence-corrected chi connectivity index (χ4v) is 2.92. The molecule has 0 bridgehead atoms. The molecule has 0 aliphatic carbocycles. The number of hydrogen-bond acceptors (Lipinski definition) is 5. The summed E-state index contributed by atoms with van der Waals surface area (Å²) in [4.78, 5) is 22.7. The predicted molar refractivity (Wildman–Crippen MR) is 103 cm³/mol. The van der Waals surface area contributed by atoms with E-state index in [1.807, 2.05) is 6.07 Å². The van der Waals surface area contributed by atoms with Crippen molar-refractivity contribution in [3.05, 3.63) is 56.5 Å². The van der Waals surface area contributed by atoms with E-state index in [2.05, 4.69) is 42.4 Å². The summed E-state index contributed by atoms with van der Waals surface area (Å²) in [5, 5.41) is 12.6. The summed E-state index contributed by atoms with van der Waals surface area (Å²) in [6.45, 7) is -0.495. The van der Waals surface area contributed by atoms with Crippen LogP contribution in [0.5, 0.6) is 11.5 Å². The Labute approximate surface area is 166 Å². The van der Waals surface area contributed by atoms with Gasteiger partial charge in [0.1, 0.15) is 0 Å². The number of nitrogens with zero attached hydrogens (tertiary/aromatic N) is 1. The number of hydrazone groups is 1. The Hall–Kier alpha value is -2.39. The number of carboxylic acid groups (broad SMARTS) is 1. The number of carbonyl (C=O) groups is 2. The summed E-state index contributed by atoms with van der Waals surface area (Å²) in [6, 6.07) is 10.2. The van der Waals surface area contributed by atoms with Crippen LogP contribution in [0.3, 0.4) is 0 Å². The molecule has 0 radical (unpaired) electrons. The number of hydrogen-bond donors (Lipinski definition) is 2. The zero-order valence-corrected chi connectivity index (χ0v) is 16.7. The Morgan fingerprint density at radius 3 is 2.69 bits per heavy atom. The molecule has 0 atom stereocenters. The second kappa shape index (κ2) is 9.35. The molecule has 1 amide bonds. The van der Waals surface area contributed by atoms with Crippen molar-refractivity contribution in [3.8, 4) is 11.5 Å². The molecular weight excluding hydrogens is 472 g/mol. The third-order valence-electron chi connectivity index (χ3n) is 3.06. The molecule has 136 valence electrons. The molecule has 9 heteroatoms. The maximum absolute atomic E-state index is 12.0. The summed E-state index contributed by atoms with van der Waals surface area (Å²) in [6.07, 6.45) is 1.43. The van der Waals surface area contributed by atoms with E-state index in [4.69, 9.17) is 14.6 Å². The minimum atomic E-state index is -1.10. The van der Waals surface area contributed by atoms with Crippen molar-refractivity contribution in [2.75, 3.05) is 13.7 Å². The van der Waals surface area contributed by atoms with Crippen molar-refractivity contribution in [1.29, 1.82) is 0 Å². The second-order valence-corrected chi connectivity index (χ2v) is 6.70. The Balaban J connectivity index is 2.11. The highest BCUT2D eigenvalue weighted by molar-refractivity contribution is 9.10. The number of carboxylic acids is 1. The summed E-state index contributed by atoms with van der Waals surface area (Å²) >= 11 is 6.60. The maximum Gasteiger partial charge on any atom is 0.341 e. The number of halogens is 2. The monoisotopic (exact) mass is 484 g/mol. The number of methoxy groups -OCH3 is 1. The van der Waals surface area contributed by atoms with Gasteiger partial charge in [0.2, 0.25) is 0 Å². The van der Waals surface area contributed by atoms with E-state index in [0.717, 1.165) is 4.47 Å². The Morgan fingerprint density at radius 2 is 2.04 bits per heavy atom. The van der Waals surface area contributed by atoms with Crippen LogP contribution >= 0.6 is 31.9 Å². The summed E-state index contributed by atoms with van der Waals surface area (Å²) < 4.78 is 11.7. The van der Waals surface area contributed by atoms with Crippen molar-refractivity contribution >= 4 is 50.0 Å². The lowest BCUT2D eigenvalue weighted by Crippen LogP contribution is -2.17. The quantitative estimate of drug-likeness (QED) is 0.462. The molecule has 0 fully saturated rings. The first-order valence-electron chi connectivity index (χ1n) is 7.22. The van der Waals surface area contributed by atoms with Gasteiger partial charge in [0, 0.05) is 10.0 Å². The van der Waals surface area contributed by atoms with E-state index in [-0.39, 0.29) is 11.7 Å². The van der Waals surface area contributed by atoms with Gasteiger partial charge in [-0.05, 0) is 51.8 Å². The van der Waals surface area contributed by atoms with Crippen LogP contribution in [-0.4, -0.2) is 36.9 Å². The molecule has 0 heterocycles. The van der Waals surface area contributed by atoms with Gasteiger partial charge in [0.05, 0.1) is 17.8 Å². The fourth-order valence-electron chi connectivity index (χ4n) is 1.95. The molecule has 7 nitrogen and oxygen atoms in total. The smallest absolute Gasteiger partial charge is 0.341 e. The first-order valence-corrected chi connectivity index (χ1v) is 8.80. The van der Waals surface area contributed by atoms with Crippen molar-refractivity contribution in [3.63, 3.8) is 0 Å². The standard InChI is InChI=1S/C17H14Br2N2O5/c1-25-14-6-10(5-13(19)16(14)26-9-15(22)23)8-20-21-17(24)11-3-2-4-12(18)7-11/h2-8H,9H2,1H3,(H,21,24)(H,22,23)/b20-8-. The van der Waals surface area contributed by atoms with Crippen LogP contribution in [0.1, 0.15) is 15.9 Å². The number of ether oxygens (including phenoxy) is 2. The highest BCUT2D eigenvalue weighted by Gasteiger charge is 2.13. The fraction of sp³-hybridized carbons (Fsp3) is 0.118. The van der Waals surface area contributed by atoms with Gasteiger partial charge in [-0.3, -0.25) is 4.79 Å². The van der Waals surface area contributed by atoms with Crippen LogP contribution in [0, 0.1) is 0 Å². The lowest BCUT2D eigenvalue weighted by Gasteiger charge is -2.12. The number of nitrogens with one attached hydrogen (secondary N) is 1. The van der Waals surface area contributed by atoms with E-state index in [1.165, 1.54) is 13.3 Å². The zero-order valence-electron chi connectivity index (χ0n) is 13.5. The Bertz CT molecular complexity index is 855. The van der Waals surface area contributed by atoms with Gasteiger partial charge in [-0.1, -0.05) is 22.0 Å². The van der Waals surface area contributed by atoms with Gasteiger partial charge >= 0.3 is 5.97 Å². The van der Waals surface area contributed by atoms with E-state index >= 15 is 0 Å². The first-order chi connectivity index (χ1) is 12.4. The largest absolute Gasteiger partial charge is 0.493 e. The second-order valence-electron chi connectivity index (χ2n) is 4.93. The van der Waals surface area contributed by atoms with E-state index in [9.17, 15) is 9.59 Å². The van der Waals surface area contributed by atoms with Crippen LogP contribution in [-0.2, 0) is 4.79 Å². The van der Waals surface area contributed by atoms with E-state index < -0.39 is 12.6 Å². The van der Waals surface area contributed by atoms with Crippen LogP contribution < -0.4 is 14.9 Å². The zero-order chi connectivity index (χ0) is 19.1. The third kappa shape index (κ3) is 5.57. The maximum atomic E-state index is 12.0. The van der Waals surface area contributed by atoms with Crippen LogP contribution in [0.15, 0.2) is 50.4 Å². The van der Waals surface area contributed by atoms with Crippen LogP contribution in [0.2, 0.25) is 0 Å². The minimum absolute atomic E-state index is 0.269. The first kappa shape index (κ1) is 19.9. The van der Waals surface area contributed by atoms with Crippen molar-refractivity contribution < 1.29 is 24.2 Å². The summed E-state index contributed by atoms with van der Waals surface area (Å²) in [5.41, 5.74) is 3.51. The molecule has 2 rings (SSSR count). The number of benzene rings is 2. The Morgan fingerprint density at radius 1 is 1.27 bits per heavy atom. The highest BCUT2D eigenvalue weighted by Crippen LogP contribution is 2.36. The van der Waals surface area contributed by atoms with Crippen molar-refractivity contribution in [1.82, 2.24) is 5.43 Å². The molecule has 0 saturated carbocycles. The highest BCUT2D eigenvalue weighted by atomic mass is 79.9. The topological polar surface area (TPSA) is 97.2 Å². The number of aliphatic carboxylic acids is 1. The molecule has 2 aromatic carbocycles. The molecular formula is C17H14Br2N2O5. The normalized spacial score (nSPS) is 10.6. The lowest BCUT2D eigenvalue weighted by atomic mass is 10.2. The summed E-state index contributed by atoms with van der Waals surface area (Å²) in [7, 11) is 1.44. The van der Waals surface area contributed by atoms with Crippen molar-refractivity contribution in [2.24, 2.45) is 5.10 Å². The average Bonchev–Trinajstić information content (AvgIpc) is 2.60. The molecule has 0 unspecified atom stereocenters. The van der Waals surface area contributed by atoms with Gasteiger partial charge in [-0.15, -0.1) is 0 Å². The van der Waals surface area contributed by atoms with Crippen LogP contribution in [0.4, 0.5) is 0 Å². The third-order valence-corrected chi connectivity index (χ3v) is 4.14. The molecule has 2 N–H and O–H groups in total. The molecule has 0 spiro atoms. The van der Waals surface area contributed by atoms with E-state index in [1.54, 1.807) is 30.3 Å². The van der Waals surface area contributed by atoms with Gasteiger partial charge < -0.3 is 14.6 Å². The molecule has 0 saturated heterocycles. The van der Waals surface area contributed by atoms with Gasteiger partial charge in [-0.25, -0.2) is 10.2 Å².